The van der Waals surface area contributed by atoms with Crippen LogP contribution in [0.5, 0.6) is 0 Å². The predicted octanol–water partition coefficient (Wildman–Crippen LogP) is 2.56. The van der Waals surface area contributed by atoms with Gasteiger partial charge in [-0.1, -0.05) is 33.6 Å². The summed E-state index contributed by atoms with van der Waals surface area (Å²) in [5.74, 6) is 1.14. The molecule has 0 spiro atoms. The molecule has 1 rings (SSSR count). The van der Waals surface area contributed by atoms with Gasteiger partial charge in [-0.3, -0.25) is 0 Å². The van der Waals surface area contributed by atoms with E-state index in [9.17, 15) is 5.11 Å². The Morgan fingerprint density at radius 3 is 2.60 bits per heavy atom. The van der Waals surface area contributed by atoms with E-state index in [1.165, 1.54) is 19.3 Å². The lowest BCUT2D eigenvalue weighted by Crippen LogP contribution is -2.47. The van der Waals surface area contributed by atoms with E-state index in [4.69, 9.17) is 0 Å². The van der Waals surface area contributed by atoms with Gasteiger partial charge in [0, 0.05) is 12.6 Å². The molecule has 90 valence electrons. The van der Waals surface area contributed by atoms with Crippen molar-refractivity contribution in [3.05, 3.63) is 0 Å². The number of aliphatic hydroxyl groups is 1. The van der Waals surface area contributed by atoms with Gasteiger partial charge in [0.2, 0.25) is 0 Å². The molecule has 0 aromatic rings. The van der Waals surface area contributed by atoms with Crippen molar-refractivity contribution in [1.82, 2.24) is 5.32 Å². The summed E-state index contributed by atoms with van der Waals surface area (Å²) in [6.07, 6.45) is 4.99. The van der Waals surface area contributed by atoms with E-state index in [1.807, 2.05) is 6.92 Å². The normalized spacial score (nSPS) is 32.6. The van der Waals surface area contributed by atoms with Crippen LogP contribution in [0.4, 0.5) is 0 Å². The first kappa shape index (κ1) is 13.0. The van der Waals surface area contributed by atoms with Gasteiger partial charge in [-0.15, -0.1) is 0 Å². The van der Waals surface area contributed by atoms with Crippen LogP contribution in [-0.4, -0.2) is 23.3 Å². The number of hydrogen-bond donors (Lipinski definition) is 2. The van der Waals surface area contributed by atoms with Crippen molar-refractivity contribution >= 4 is 0 Å². The van der Waals surface area contributed by atoms with Gasteiger partial charge in [0.25, 0.3) is 0 Å². The molecule has 2 nitrogen and oxygen atoms in total. The van der Waals surface area contributed by atoms with Crippen LogP contribution in [-0.2, 0) is 0 Å². The van der Waals surface area contributed by atoms with E-state index < -0.39 is 5.60 Å². The SMILES string of the molecule is CCC(C)C(C)(O)CNC1CCCC1C. The van der Waals surface area contributed by atoms with Crippen LogP contribution in [0, 0.1) is 11.8 Å². The van der Waals surface area contributed by atoms with Crippen molar-refractivity contribution in [1.29, 1.82) is 0 Å². The van der Waals surface area contributed by atoms with E-state index in [0.29, 0.717) is 12.0 Å². The summed E-state index contributed by atoms with van der Waals surface area (Å²) in [5.41, 5.74) is -0.558. The van der Waals surface area contributed by atoms with Gasteiger partial charge < -0.3 is 10.4 Å². The molecule has 2 heteroatoms. The van der Waals surface area contributed by atoms with Gasteiger partial charge in [-0.25, -0.2) is 0 Å². The molecule has 1 fully saturated rings. The highest BCUT2D eigenvalue weighted by molar-refractivity contribution is 4.86. The van der Waals surface area contributed by atoms with Crippen molar-refractivity contribution < 1.29 is 5.11 Å². The first-order valence-electron chi connectivity index (χ1n) is 6.43. The Balaban J connectivity index is 2.35. The Hall–Kier alpha value is -0.0800. The van der Waals surface area contributed by atoms with E-state index in [0.717, 1.165) is 18.9 Å². The Labute approximate surface area is 94.5 Å². The molecule has 0 aromatic carbocycles. The summed E-state index contributed by atoms with van der Waals surface area (Å²) in [4.78, 5) is 0. The molecule has 0 amide bonds. The summed E-state index contributed by atoms with van der Waals surface area (Å²) in [7, 11) is 0. The highest BCUT2D eigenvalue weighted by Crippen LogP contribution is 2.26. The van der Waals surface area contributed by atoms with Crippen LogP contribution in [0.25, 0.3) is 0 Å². The van der Waals surface area contributed by atoms with Crippen molar-refractivity contribution in [3.8, 4) is 0 Å². The zero-order valence-electron chi connectivity index (χ0n) is 10.7. The lowest BCUT2D eigenvalue weighted by molar-refractivity contribution is 0.00250. The number of nitrogens with one attached hydrogen (secondary N) is 1. The maximum Gasteiger partial charge on any atom is 0.0768 e. The minimum atomic E-state index is -0.558. The largest absolute Gasteiger partial charge is 0.389 e. The highest BCUT2D eigenvalue weighted by Gasteiger charge is 2.30. The smallest absolute Gasteiger partial charge is 0.0768 e. The van der Waals surface area contributed by atoms with E-state index in [2.05, 4.69) is 26.1 Å². The van der Waals surface area contributed by atoms with Crippen molar-refractivity contribution in [2.24, 2.45) is 11.8 Å². The molecule has 15 heavy (non-hydrogen) atoms. The Kier molecular flexibility index (Phi) is 4.60. The van der Waals surface area contributed by atoms with Gasteiger partial charge in [0.05, 0.1) is 5.60 Å². The molecular formula is C13H27NO. The summed E-state index contributed by atoms with van der Waals surface area (Å²) in [5, 5.41) is 13.8. The molecule has 0 heterocycles. The van der Waals surface area contributed by atoms with Gasteiger partial charge in [0.1, 0.15) is 0 Å². The lowest BCUT2D eigenvalue weighted by atomic mass is 9.88. The van der Waals surface area contributed by atoms with Crippen molar-refractivity contribution in [2.75, 3.05) is 6.54 Å². The summed E-state index contributed by atoms with van der Waals surface area (Å²) in [6, 6.07) is 0.625. The molecule has 0 bridgehead atoms. The third-order valence-electron chi connectivity index (χ3n) is 4.26. The van der Waals surface area contributed by atoms with Crippen molar-refractivity contribution in [2.45, 2.75) is 65.0 Å². The third-order valence-corrected chi connectivity index (χ3v) is 4.26. The quantitative estimate of drug-likeness (QED) is 0.735. The standard InChI is InChI=1S/C13H27NO/c1-5-11(3)13(4,15)9-14-12-8-6-7-10(12)2/h10-12,14-15H,5-9H2,1-4H3. The maximum atomic E-state index is 10.3. The fraction of sp³-hybridized carbons (Fsp3) is 1.00. The number of rotatable bonds is 5. The number of hydrogen-bond acceptors (Lipinski definition) is 2. The van der Waals surface area contributed by atoms with Crippen LogP contribution in [0.2, 0.25) is 0 Å². The van der Waals surface area contributed by atoms with Gasteiger partial charge in [0.15, 0.2) is 0 Å². The fourth-order valence-corrected chi connectivity index (χ4v) is 2.40. The third kappa shape index (κ3) is 3.46. The summed E-state index contributed by atoms with van der Waals surface area (Å²) >= 11 is 0. The molecule has 0 saturated heterocycles. The van der Waals surface area contributed by atoms with E-state index >= 15 is 0 Å². The maximum absolute atomic E-state index is 10.3. The second kappa shape index (κ2) is 5.31. The monoisotopic (exact) mass is 213 g/mol. The second-order valence-corrected chi connectivity index (χ2v) is 5.56. The highest BCUT2D eigenvalue weighted by atomic mass is 16.3. The summed E-state index contributed by atoms with van der Waals surface area (Å²) < 4.78 is 0. The van der Waals surface area contributed by atoms with Crippen LogP contribution in [0.3, 0.4) is 0 Å². The van der Waals surface area contributed by atoms with Gasteiger partial charge in [-0.05, 0) is 31.6 Å². The molecule has 1 saturated carbocycles. The van der Waals surface area contributed by atoms with Crippen LogP contribution >= 0.6 is 0 Å². The Morgan fingerprint density at radius 2 is 2.13 bits per heavy atom. The van der Waals surface area contributed by atoms with E-state index in [-0.39, 0.29) is 0 Å². The molecule has 2 N–H and O–H groups in total. The average Bonchev–Trinajstić information content (AvgIpc) is 2.60. The van der Waals surface area contributed by atoms with E-state index in [1.54, 1.807) is 0 Å². The molecule has 1 aliphatic carbocycles. The molecule has 0 aliphatic heterocycles. The minimum Gasteiger partial charge on any atom is -0.389 e. The average molecular weight is 213 g/mol. The first-order valence-corrected chi connectivity index (χ1v) is 6.43. The minimum absolute atomic E-state index is 0.363. The molecule has 0 aromatic heterocycles. The van der Waals surface area contributed by atoms with Gasteiger partial charge in [-0.2, -0.15) is 0 Å². The van der Waals surface area contributed by atoms with Crippen LogP contribution in [0.1, 0.15) is 53.4 Å². The fourth-order valence-electron chi connectivity index (χ4n) is 2.40. The van der Waals surface area contributed by atoms with Crippen LogP contribution < -0.4 is 5.32 Å². The Bertz CT molecular complexity index is 191. The Morgan fingerprint density at radius 1 is 1.47 bits per heavy atom. The first-order chi connectivity index (χ1) is 6.97. The molecule has 4 unspecified atom stereocenters. The van der Waals surface area contributed by atoms with Crippen molar-refractivity contribution in [3.63, 3.8) is 0 Å². The lowest BCUT2D eigenvalue weighted by Gasteiger charge is -2.32. The molecule has 4 atom stereocenters. The zero-order chi connectivity index (χ0) is 11.5. The molecule has 1 aliphatic rings. The van der Waals surface area contributed by atoms with Gasteiger partial charge >= 0.3 is 0 Å². The zero-order valence-corrected chi connectivity index (χ0v) is 10.7. The van der Waals surface area contributed by atoms with Crippen LogP contribution in [0.15, 0.2) is 0 Å². The topological polar surface area (TPSA) is 32.3 Å². The molecular weight excluding hydrogens is 186 g/mol. The summed E-state index contributed by atoms with van der Waals surface area (Å²) in [6.45, 7) is 9.25. The second-order valence-electron chi connectivity index (χ2n) is 5.56. The molecule has 0 radical (unpaired) electrons. The predicted molar refractivity (Wildman–Crippen MR) is 64.9 cm³/mol.